The molecule has 2 aromatic carbocycles. The van der Waals surface area contributed by atoms with Crippen molar-refractivity contribution in [2.75, 3.05) is 6.61 Å². The van der Waals surface area contributed by atoms with Gasteiger partial charge in [-0.25, -0.2) is 4.98 Å². The third kappa shape index (κ3) is 4.88. The molecule has 2 unspecified atom stereocenters. The molecule has 10 nitrogen and oxygen atoms in total. The molecule has 0 saturated heterocycles. The summed E-state index contributed by atoms with van der Waals surface area (Å²) >= 11 is 6.13. The Morgan fingerprint density at radius 1 is 1.20 bits per heavy atom. The summed E-state index contributed by atoms with van der Waals surface area (Å²) in [5.41, 5.74) is -3.14. The molecule has 0 radical (unpaired) electrons. The van der Waals surface area contributed by atoms with Gasteiger partial charge in [0.05, 0.1) is 23.2 Å². The van der Waals surface area contributed by atoms with Gasteiger partial charge in [0.1, 0.15) is 29.8 Å². The number of nitrogens with zero attached hydrogens (tertiary/aromatic N) is 6. The van der Waals surface area contributed by atoms with Crippen molar-refractivity contribution in [3.8, 4) is 29.0 Å². The molecule has 1 aliphatic carbocycles. The Labute approximate surface area is 258 Å². The number of aliphatic hydroxyl groups is 1. The van der Waals surface area contributed by atoms with Gasteiger partial charge in [-0.3, -0.25) is 9.79 Å². The van der Waals surface area contributed by atoms with E-state index in [-0.39, 0.29) is 41.4 Å². The molecular weight excluding hydrogens is 585 g/mol. The lowest BCUT2D eigenvalue weighted by molar-refractivity contribution is -0.117. The van der Waals surface area contributed by atoms with Gasteiger partial charge in [-0.1, -0.05) is 40.3 Å². The Morgan fingerprint density at radius 3 is 2.59 bits per heavy atom. The van der Waals surface area contributed by atoms with Crippen molar-refractivity contribution < 1.29 is 19.1 Å². The molecule has 3 heterocycles. The zero-order valence-corrected chi connectivity index (χ0v) is 24.6. The zero-order chi connectivity index (χ0) is 31.1. The minimum atomic E-state index is -2.02. The van der Waals surface area contributed by atoms with Crippen LogP contribution in [0.5, 0.6) is 5.75 Å². The first-order chi connectivity index (χ1) is 21.2. The van der Waals surface area contributed by atoms with Crippen molar-refractivity contribution in [2.24, 2.45) is 17.5 Å². The molecule has 3 aliphatic rings. The number of aliphatic imine (C=N–C) groups is 1. The molecule has 0 bridgehead atoms. The number of aromatic nitrogens is 2. The smallest absolute Gasteiger partial charge is 0.286 e. The van der Waals surface area contributed by atoms with Crippen LogP contribution in [0.2, 0.25) is 5.02 Å². The Morgan fingerprint density at radius 2 is 1.98 bits per heavy atom. The second kappa shape index (κ2) is 11.1. The molecule has 6 rings (SSSR count). The molecule has 1 fully saturated rings. The Hall–Kier alpha value is -4.71. The number of imidazole rings is 1. The fraction of sp³-hybridized carbons (Fsp3) is 0.344. The molecule has 2 N–H and O–H groups in total. The number of benzene rings is 2. The van der Waals surface area contributed by atoms with Gasteiger partial charge >= 0.3 is 0 Å². The number of aryl methyl sites for hydroxylation is 2. The summed E-state index contributed by atoms with van der Waals surface area (Å²) < 4.78 is 24.8. The lowest BCUT2D eigenvalue weighted by Gasteiger charge is -2.41. The molecule has 1 aromatic heterocycles. The molecular formula is C32H29ClFN7O3. The molecule has 224 valence electrons. The van der Waals surface area contributed by atoms with E-state index in [2.05, 4.69) is 27.4 Å². The summed E-state index contributed by atoms with van der Waals surface area (Å²) in [5, 5.41) is 35.3. The van der Waals surface area contributed by atoms with Crippen molar-refractivity contribution in [3.63, 3.8) is 0 Å². The number of nitrogens with one attached hydrogen (secondary N) is 1. The molecule has 0 spiro atoms. The molecule has 44 heavy (non-hydrogen) atoms. The predicted octanol–water partition coefficient (Wildman–Crippen LogP) is 4.75. The molecule has 1 saturated carbocycles. The lowest BCUT2D eigenvalue weighted by atomic mass is 9.75. The summed E-state index contributed by atoms with van der Waals surface area (Å²) in [7, 11) is 1.81. The van der Waals surface area contributed by atoms with Gasteiger partial charge in [-0.2, -0.15) is 15.6 Å². The number of aliphatic hydroxyl groups excluding tert-OH is 1. The summed E-state index contributed by atoms with van der Waals surface area (Å²) in [6.07, 6.45) is 7.62. The Bertz CT molecular complexity index is 1750. The number of allylic oxidation sites excluding steroid dienone is 1. The fourth-order valence-electron chi connectivity index (χ4n) is 5.96. The highest BCUT2D eigenvalue weighted by Crippen LogP contribution is 2.53. The second-order valence-corrected chi connectivity index (χ2v) is 11.9. The first-order valence-corrected chi connectivity index (χ1v) is 14.6. The van der Waals surface area contributed by atoms with Crippen LogP contribution in [0.3, 0.4) is 0 Å². The first-order valence-electron chi connectivity index (χ1n) is 14.2. The average Bonchev–Trinajstić information content (AvgIpc) is 3.66. The van der Waals surface area contributed by atoms with E-state index in [0.29, 0.717) is 34.8 Å². The number of ether oxygens (including phenoxy) is 1. The van der Waals surface area contributed by atoms with Gasteiger partial charge in [0.2, 0.25) is 5.66 Å². The average molecular weight is 614 g/mol. The number of carbonyl (C=O) groups excluding carboxylic acids is 1. The third-order valence-corrected chi connectivity index (χ3v) is 8.98. The van der Waals surface area contributed by atoms with E-state index in [1.165, 1.54) is 12.4 Å². The summed E-state index contributed by atoms with van der Waals surface area (Å²) in [4.78, 5) is 22.6. The number of hydrogen-bond donors (Lipinski definition) is 2. The summed E-state index contributed by atoms with van der Waals surface area (Å²) in [5.74, 6) is -0.260. The highest BCUT2D eigenvalue weighted by atomic mass is 35.5. The van der Waals surface area contributed by atoms with Crippen molar-refractivity contribution >= 4 is 23.7 Å². The molecule has 3 atom stereocenters. The highest BCUT2D eigenvalue weighted by Gasteiger charge is 2.60. The van der Waals surface area contributed by atoms with Gasteiger partial charge in [-0.05, 0) is 48.6 Å². The van der Waals surface area contributed by atoms with E-state index in [0.717, 1.165) is 0 Å². The van der Waals surface area contributed by atoms with Gasteiger partial charge in [0, 0.05) is 55.3 Å². The monoisotopic (exact) mass is 613 g/mol. The zero-order valence-electron chi connectivity index (χ0n) is 23.9. The van der Waals surface area contributed by atoms with E-state index in [1.807, 2.05) is 7.05 Å². The van der Waals surface area contributed by atoms with Gasteiger partial charge in [0.25, 0.3) is 5.91 Å². The topological polar surface area (TPSA) is 140 Å². The normalized spacial score (nSPS) is 23.4. The minimum absolute atomic E-state index is 0.00754. The van der Waals surface area contributed by atoms with Crippen molar-refractivity contribution in [1.82, 2.24) is 20.0 Å². The highest BCUT2D eigenvalue weighted by molar-refractivity contribution is 6.30. The van der Waals surface area contributed by atoms with Crippen LogP contribution < -0.4 is 10.1 Å². The number of halogens is 2. The standard InChI is InChI=1S/C32H29ClFN7O3/c1-40-16-15-37-26(40)10-9-25(42)32(17-31(19-36)38-13-2-14-39-31)24-8-7-23(21-3-5-22(33)6-4-21)28(27(24)29(43)41(32)34)44-20-30(18-35)11-12-30/h2-8,13-16,25,38,42H,9-12,17,20H2,1H3/t25?,31?,32-/m1/s1. The van der Waals surface area contributed by atoms with E-state index in [9.17, 15) is 20.4 Å². The predicted molar refractivity (Wildman–Crippen MR) is 160 cm³/mol. The van der Waals surface area contributed by atoms with Crippen molar-refractivity contribution in [3.05, 3.63) is 83.0 Å². The van der Waals surface area contributed by atoms with Crippen LogP contribution in [0, 0.1) is 28.1 Å². The van der Waals surface area contributed by atoms with Crippen LogP contribution in [0.15, 0.2) is 66.1 Å². The van der Waals surface area contributed by atoms with Crippen LogP contribution >= 0.6 is 11.6 Å². The summed E-state index contributed by atoms with van der Waals surface area (Å²) in [6.45, 7) is 0.00754. The Balaban J connectivity index is 1.51. The summed E-state index contributed by atoms with van der Waals surface area (Å²) in [6, 6.07) is 14.6. The van der Waals surface area contributed by atoms with Crippen molar-refractivity contribution in [2.45, 2.75) is 49.4 Å². The van der Waals surface area contributed by atoms with Crippen LogP contribution in [0.4, 0.5) is 4.48 Å². The number of fused-ring (bicyclic) bond motifs is 1. The van der Waals surface area contributed by atoms with Crippen LogP contribution in [-0.2, 0) is 19.0 Å². The molecule has 3 aromatic rings. The first kappa shape index (κ1) is 29.4. The van der Waals surface area contributed by atoms with Gasteiger partial charge in [-0.15, -0.1) is 0 Å². The van der Waals surface area contributed by atoms with Gasteiger partial charge in [0.15, 0.2) is 0 Å². The molecule has 12 heteroatoms. The second-order valence-electron chi connectivity index (χ2n) is 11.5. The number of hydrogen-bond acceptors (Lipinski definition) is 8. The third-order valence-electron chi connectivity index (χ3n) is 8.73. The van der Waals surface area contributed by atoms with Crippen LogP contribution in [0.25, 0.3) is 11.1 Å². The van der Waals surface area contributed by atoms with E-state index < -0.39 is 35.0 Å². The molecule has 2 aliphatic heterocycles. The number of rotatable bonds is 10. The van der Waals surface area contributed by atoms with E-state index in [1.54, 1.807) is 59.4 Å². The van der Waals surface area contributed by atoms with Crippen LogP contribution in [0.1, 0.15) is 47.4 Å². The Kier molecular flexibility index (Phi) is 7.40. The van der Waals surface area contributed by atoms with E-state index in [4.69, 9.17) is 16.3 Å². The maximum Gasteiger partial charge on any atom is 0.286 e. The quantitative estimate of drug-likeness (QED) is 0.315. The SMILES string of the molecule is Cn1ccnc1CCC(O)[C@@]1(CC2(C#N)N=CC=CN2)c2ccc(-c3ccc(Cl)cc3)c(OCC3(C#N)CC3)c2C(=O)N1F. The maximum absolute atomic E-state index is 16.8. The number of carbonyl (C=O) groups is 1. The number of nitriles is 2. The lowest BCUT2D eigenvalue weighted by Crippen LogP contribution is -2.56. The minimum Gasteiger partial charge on any atom is -0.490 e. The maximum atomic E-state index is 16.8. The fourth-order valence-corrected chi connectivity index (χ4v) is 6.08. The number of amides is 1. The van der Waals surface area contributed by atoms with Crippen molar-refractivity contribution in [1.29, 1.82) is 10.5 Å². The largest absolute Gasteiger partial charge is 0.490 e. The van der Waals surface area contributed by atoms with E-state index >= 15 is 4.48 Å². The van der Waals surface area contributed by atoms with Crippen LogP contribution in [-0.4, -0.2) is 50.3 Å². The van der Waals surface area contributed by atoms with Gasteiger partial charge < -0.3 is 19.7 Å². The molecule has 1 amide bonds.